The van der Waals surface area contributed by atoms with Gasteiger partial charge in [-0.05, 0) is 18.3 Å². The van der Waals surface area contributed by atoms with Gasteiger partial charge in [-0.25, -0.2) is 0 Å². The number of carboxylic acids is 2. The molecule has 0 radical (unpaired) electrons. The molecule has 17 heavy (non-hydrogen) atoms. The van der Waals surface area contributed by atoms with E-state index in [0.29, 0.717) is 6.42 Å². The van der Waals surface area contributed by atoms with E-state index in [4.69, 9.17) is 0 Å². The van der Waals surface area contributed by atoms with Crippen molar-refractivity contribution in [1.82, 2.24) is 0 Å². The third kappa shape index (κ3) is 7.51. The summed E-state index contributed by atoms with van der Waals surface area (Å²) in [5, 5.41) is 21.6. The molecule has 0 aromatic heterocycles. The van der Waals surface area contributed by atoms with E-state index < -0.39 is 23.8 Å². The van der Waals surface area contributed by atoms with E-state index in [1.54, 1.807) is 0 Å². The average Bonchev–Trinajstić information content (AvgIpc) is 2.14. The van der Waals surface area contributed by atoms with Crippen molar-refractivity contribution in [2.45, 2.75) is 46.5 Å². The van der Waals surface area contributed by atoms with E-state index in [-0.39, 0.29) is 54.8 Å². The van der Waals surface area contributed by atoms with Crippen LogP contribution in [0.4, 0.5) is 0 Å². The quantitative estimate of drug-likeness (QED) is 0.332. The number of carbonyl (C=O) groups is 2. The topological polar surface area (TPSA) is 80.3 Å². The first-order chi connectivity index (χ1) is 7.41. The minimum atomic E-state index is -1.53. The standard InChI is InChI=1S/C12H22O4.Ba/c1-4-5-6-7-9(8(2)3)10(11(13)14)12(15)16;/h8-10H,4-7H2,1-3H3,(H,13,14)(H,15,16);/q;+2/p-2. The molecule has 4 nitrogen and oxygen atoms in total. The molecule has 0 saturated carbocycles. The largest absolute Gasteiger partial charge is 2.00 e. The van der Waals surface area contributed by atoms with Gasteiger partial charge >= 0.3 is 48.9 Å². The Morgan fingerprint density at radius 1 is 1.06 bits per heavy atom. The van der Waals surface area contributed by atoms with Crippen LogP contribution in [0.15, 0.2) is 0 Å². The minimum Gasteiger partial charge on any atom is -0.549 e. The number of aliphatic carboxylic acids is 2. The zero-order valence-corrected chi connectivity index (χ0v) is 15.3. The van der Waals surface area contributed by atoms with Crippen LogP contribution in [0, 0.1) is 17.8 Å². The van der Waals surface area contributed by atoms with Crippen molar-refractivity contribution in [3.8, 4) is 0 Å². The average molecular weight is 366 g/mol. The summed E-state index contributed by atoms with van der Waals surface area (Å²) in [5.41, 5.74) is 0. The molecule has 0 spiro atoms. The molecule has 0 aliphatic carbocycles. The van der Waals surface area contributed by atoms with Crippen molar-refractivity contribution < 1.29 is 19.8 Å². The maximum Gasteiger partial charge on any atom is 2.00 e. The van der Waals surface area contributed by atoms with Crippen LogP contribution in [0.2, 0.25) is 0 Å². The first kappa shape index (κ1) is 19.8. The van der Waals surface area contributed by atoms with Crippen molar-refractivity contribution in [2.24, 2.45) is 17.8 Å². The predicted octanol–water partition coefficient (Wildman–Crippen LogP) is -0.426. The van der Waals surface area contributed by atoms with Crippen LogP contribution in [-0.4, -0.2) is 60.8 Å². The van der Waals surface area contributed by atoms with E-state index in [9.17, 15) is 19.8 Å². The summed E-state index contributed by atoms with van der Waals surface area (Å²) in [6.45, 7) is 5.70. The number of hydrogen-bond acceptors (Lipinski definition) is 4. The van der Waals surface area contributed by atoms with Gasteiger partial charge in [-0.1, -0.05) is 40.0 Å². The maximum absolute atomic E-state index is 10.8. The van der Waals surface area contributed by atoms with Gasteiger partial charge in [-0.15, -0.1) is 0 Å². The zero-order valence-electron chi connectivity index (χ0n) is 10.9. The van der Waals surface area contributed by atoms with Gasteiger partial charge in [-0.2, -0.15) is 0 Å². The Kier molecular flexibility index (Phi) is 12.2. The number of carbonyl (C=O) groups excluding carboxylic acids is 2. The third-order valence-electron chi connectivity index (χ3n) is 2.93. The molecule has 1 unspecified atom stereocenters. The van der Waals surface area contributed by atoms with Crippen LogP contribution >= 0.6 is 0 Å². The Morgan fingerprint density at radius 2 is 1.53 bits per heavy atom. The molecule has 0 heterocycles. The Balaban J connectivity index is 0. The number of hydrogen-bond donors (Lipinski definition) is 0. The smallest absolute Gasteiger partial charge is 0.549 e. The van der Waals surface area contributed by atoms with Crippen molar-refractivity contribution in [3.05, 3.63) is 0 Å². The van der Waals surface area contributed by atoms with Crippen LogP contribution < -0.4 is 10.2 Å². The van der Waals surface area contributed by atoms with Crippen LogP contribution in [0.25, 0.3) is 0 Å². The van der Waals surface area contributed by atoms with E-state index >= 15 is 0 Å². The summed E-state index contributed by atoms with van der Waals surface area (Å²) in [6.07, 6.45) is 3.44. The van der Waals surface area contributed by atoms with Crippen molar-refractivity contribution in [2.75, 3.05) is 0 Å². The molecule has 94 valence electrons. The van der Waals surface area contributed by atoms with E-state index in [2.05, 4.69) is 0 Å². The van der Waals surface area contributed by atoms with Gasteiger partial charge in [-0.3, -0.25) is 0 Å². The van der Waals surface area contributed by atoms with Crippen LogP contribution in [0.5, 0.6) is 0 Å². The fourth-order valence-electron chi connectivity index (χ4n) is 1.96. The van der Waals surface area contributed by atoms with Crippen molar-refractivity contribution in [3.63, 3.8) is 0 Å². The van der Waals surface area contributed by atoms with Gasteiger partial charge in [0, 0.05) is 5.92 Å². The molecule has 0 fully saturated rings. The Bertz CT molecular complexity index is 227. The fourth-order valence-corrected chi connectivity index (χ4v) is 1.96. The number of rotatable bonds is 8. The second-order valence-electron chi connectivity index (χ2n) is 4.52. The second-order valence-corrected chi connectivity index (χ2v) is 4.52. The van der Waals surface area contributed by atoms with Gasteiger partial charge in [0.05, 0.1) is 11.9 Å². The molecule has 0 aromatic rings. The minimum absolute atomic E-state index is 0. The fraction of sp³-hybridized carbons (Fsp3) is 0.833. The van der Waals surface area contributed by atoms with Gasteiger partial charge in [0.1, 0.15) is 0 Å². The summed E-state index contributed by atoms with van der Waals surface area (Å²) in [6, 6.07) is 0. The van der Waals surface area contributed by atoms with E-state index in [0.717, 1.165) is 19.3 Å². The SMILES string of the molecule is CCCCCC(C(C)C)C(C(=O)[O-])C(=O)[O-].[Ba+2]. The first-order valence-electron chi connectivity index (χ1n) is 5.83. The Morgan fingerprint density at radius 3 is 1.82 bits per heavy atom. The predicted molar refractivity (Wildman–Crippen MR) is 61.7 cm³/mol. The normalized spacial score (nSPS) is 12.3. The van der Waals surface area contributed by atoms with Crippen LogP contribution in [-0.2, 0) is 9.59 Å². The molecule has 0 aliphatic heterocycles. The van der Waals surface area contributed by atoms with Crippen LogP contribution in [0.1, 0.15) is 46.5 Å². The molecule has 1 atom stereocenters. The molecule has 0 amide bonds. The third-order valence-corrected chi connectivity index (χ3v) is 2.93. The molecule has 0 aromatic carbocycles. The molecule has 5 heteroatoms. The summed E-state index contributed by atoms with van der Waals surface area (Å²) >= 11 is 0. The van der Waals surface area contributed by atoms with Gasteiger partial charge < -0.3 is 19.8 Å². The molecule has 0 N–H and O–H groups in total. The summed E-state index contributed by atoms with van der Waals surface area (Å²) in [4.78, 5) is 21.6. The van der Waals surface area contributed by atoms with Crippen molar-refractivity contribution >= 4 is 60.8 Å². The van der Waals surface area contributed by atoms with Gasteiger partial charge in [0.25, 0.3) is 0 Å². The Hall–Kier alpha value is 0.511. The number of unbranched alkanes of at least 4 members (excludes halogenated alkanes) is 2. The van der Waals surface area contributed by atoms with Crippen LogP contribution in [0.3, 0.4) is 0 Å². The zero-order chi connectivity index (χ0) is 12.7. The molecular weight excluding hydrogens is 345 g/mol. The molecule has 0 aliphatic rings. The maximum atomic E-state index is 10.8. The molecule has 0 rings (SSSR count). The summed E-state index contributed by atoms with van der Waals surface area (Å²) in [7, 11) is 0. The van der Waals surface area contributed by atoms with Gasteiger partial charge in [0.2, 0.25) is 0 Å². The monoisotopic (exact) mass is 366 g/mol. The van der Waals surface area contributed by atoms with E-state index in [1.807, 2.05) is 20.8 Å². The summed E-state index contributed by atoms with van der Waals surface area (Å²) in [5.74, 6) is -4.96. The van der Waals surface area contributed by atoms with Crippen molar-refractivity contribution in [1.29, 1.82) is 0 Å². The van der Waals surface area contributed by atoms with Gasteiger partial charge in [0.15, 0.2) is 0 Å². The Labute approximate surface area is 143 Å². The molecule has 0 saturated heterocycles. The van der Waals surface area contributed by atoms with E-state index in [1.165, 1.54) is 0 Å². The first-order valence-corrected chi connectivity index (χ1v) is 5.83. The molecular formula is C12H20BaO4. The number of carboxylic acid groups (broad SMARTS) is 2. The summed E-state index contributed by atoms with van der Waals surface area (Å²) < 4.78 is 0. The second kappa shape index (κ2) is 10.4. The molecule has 0 bridgehead atoms.